The number of hydrogen-bond acceptors (Lipinski definition) is 0. The maximum Gasteiger partial charge on any atom is -0.000764 e. The van der Waals surface area contributed by atoms with E-state index >= 15 is 0 Å². The second kappa shape index (κ2) is 40.2. The first-order chi connectivity index (χ1) is 74.5. The van der Waals surface area contributed by atoms with Crippen LogP contribution < -0.4 is 0 Å². The van der Waals surface area contributed by atoms with Gasteiger partial charge in [0.05, 0.1) is 0 Å². The van der Waals surface area contributed by atoms with Gasteiger partial charge < -0.3 is 0 Å². The summed E-state index contributed by atoms with van der Waals surface area (Å²) in [5, 5.41) is 22.5. The molecule has 0 nitrogen and oxygen atoms in total. The van der Waals surface area contributed by atoms with Gasteiger partial charge in [-0.25, -0.2) is 0 Å². The van der Waals surface area contributed by atoms with Crippen molar-refractivity contribution in [3.05, 3.63) is 607 Å². The van der Waals surface area contributed by atoms with Crippen LogP contribution >= 0.6 is 0 Å². The fourth-order valence-electron chi connectivity index (χ4n) is 23.4. The molecular formula is C150H100. The molecule has 0 aliphatic carbocycles. The number of rotatable bonds is 16. The second-order valence-corrected chi connectivity index (χ2v) is 38.9. The molecule has 150 heavy (non-hydrogen) atoms. The Bertz CT molecular complexity index is 9750. The number of hydrogen-bond donors (Lipinski definition) is 0. The predicted octanol–water partition coefficient (Wildman–Crippen LogP) is 42.1. The third kappa shape index (κ3) is 17.0. The van der Waals surface area contributed by atoms with Gasteiger partial charge in [0.25, 0.3) is 0 Å². The maximum atomic E-state index is 2.45. The van der Waals surface area contributed by atoms with Crippen LogP contribution in [0.1, 0.15) is 0 Å². The molecule has 0 aliphatic rings. The topological polar surface area (TPSA) is 0 Å². The Morgan fingerprint density at radius 3 is 0.567 bits per heavy atom. The van der Waals surface area contributed by atoms with Gasteiger partial charge in [-0.3, -0.25) is 0 Å². The number of benzene rings is 28. The molecule has 28 rings (SSSR count). The second-order valence-electron chi connectivity index (χ2n) is 38.9. The van der Waals surface area contributed by atoms with Gasteiger partial charge in [0, 0.05) is 0 Å². The van der Waals surface area contributed by atoms with Crippen molar-refractivity contribution in [3.63, 3.8) is 0 Å². The van der Waals surface area contributed by atoms with Gasteiger partial charge in [-0.1, -0.05) is 558 Å². The fourth-order valence-corrected chi connectivity index (χ4v) is 23.4. The Balaban J connectivity index is 0.000000114. The van der Waals surface area contributed by atoms with Crippen molar-refractivity contribution in [3.8, 4) is 178 Å². The third-order valence-corrected chi connectivity index (χ3v) is 30.1. The Labute approximate surface area is 875 Å². The molecule has 0 radical (unpaired) electrons. The van der Waals surface area contributed by atoms with Crippen molar-refractivity contribution in [1.29, 1.82) is 0 Å². The maximum absolute atomic E-state index is 2.45. The largest absolute Gasteiger partial charge is 0.0622 e. The van der Waals surface area contributed by atoms with Crippen molar-refractivity contribution in [1.82, 2.24) is 0 Å². The summed E-state index contributed by atoms with van der Waals surface area (Å²) < 4.78 is 0. The normalized spacial score (nSPS) is 11.3. The minimum Gasteiger partial charge on any atom is -0.0622 e. The molecule has 0 atom stereocenters. The van der Waals surface area contributed by atoms with Crippen LogP contribution in [0, 0.1) is 0 Å². The molecule has 0 amide bonds. The van der Waals surface area contributed by atoms with Crippen LogP contribution in [0.4, 0.5) is 0 Å². The molecule has 0 aromatic heterocycles. The lowest BCUT2D eigenvalue weighted by atomic mass is 9.76. The Hall–Kier alpha value is -19.5. The average Bonchev–Trinajstić information content (AvgIpc) is 0.715. The van der Waals surface area contributed by atoms with Gasteiger partial charge in [0.2, 0.25) is 0 Å². The minimum atomic E-state index is 1.19. The van der Waals surface area contributed by atoms with E-state index in [2.05, 4.69) is 607 Å². The van der Waals surface area contributed by atoms with Crippen LogP contribution in [-0.2, 0) is 0 Å². The molecule has 0 spiro atoms. The van der Waals surface area contributed by atoms with E-state index in [1.165, 1.54) is 275 Å². The minimum absolute atomic E-state index is 1.19. The molecule has 0 heterocycles. The van der Waals surface area contributed by atoms with Crippen LogP contribution in [0.5, 0.6) is 0 Å². The first-order valence-electron chi connectivity index (χ1n) is 51.9. The Kier molecular flexibility index (Phi) is 24.3. The zero-order chi connectivity index (χ0) is 99.6. The molecule has 0 aliphatic heterocycles. The summed E-state index contributed by atoms with van der Waals surface area (Å²) in [7, 11) is 0. The summed E-state index contributed by atoms with van der Waals surface area (Å²) in [5.74, 6) is 0. The van der Waals surface area contributed by atoms with Gasteiger partial charge >= 0.3 is 0 Å². The fraction of sp³-hybridized carbons (Fsp3) is 0. The van der Waals surface area contributed by atoms with Crippen LogP contribution in [0.3, 0.4) is 0 Å². The Morgan fingerprint density at radius 1 is 0.0667 bits per heavy atom. The van der Waals surface area contributed by atoms with Crippen LogP contribution in [0.2, 0.25) is 0 Å². The first-order valence-corrected chi connectivity index (χ1v) is 51.9. The van der Waals surface area contributed by atoms with Gasteiger partial charge in [-0.2, -0.15) is 0 Å². The lowest BCUT2D eigenvalue weighted by Gasteiger charge is -2.27. The molecule has 0 saturated heterocycles. The van der Waals surface area contributed by atoms with Crippen LogP contribution in [0.25, 0.3) is 275 Å². The van der Waals surface area contributed by atoms with Crippen molar-refractivity contribution < 1.29 is 0 Å². The van der Waals surface area contributed by atoms with E-state index in [1.807, 2.05) is 0 Å². The van der Waals surface area contributed by atoms with E-state index in [0.717, 1.165) is 0 Å². The molecule has 0 fully saturated rings. The van der Waals surface area contributed by atoms with Gasteiger partial charge in [-0.05, 0) is 324 Å². The average molecular weight is 1900 g/mol. The quantitative estimate of drug-likeness (QED) is 0.0846. The Morgan fingerprint density at radius 2 is 0.260 bits per heavy atom. The van der Waals surface area contributed by atoms with E-state index in [-0.39, 0.29) is 0 Å². The van der Waals surface area contributed by atoms with Crippen molar-refractivity contribution in [2.75, 3.05) is 0 Å². The summed E-state index contributed by atoms with van der Waals surface area (Å²) in [4.78, 5) is 0. The molecular weight excluding hydrogens is 1800 g/mol. The molecule has 0 unspecified atom stereocenters. The summed E-state index contributed by atoms with van der Waals surface area (Å²) in [6.45, 7) is 0. The van der Waals surface area contributed by atoms with Gasteiger partial charge in [0.15, 0.2) is 0 Å². The highest BCUT2D eigenvalue weighted by atomic mass is 14.3. The zero-order valence-corrected chi connectivity index (χ0v) is 82.7. The SMILES string of the molecule is c1ccc(-c2cc(-c3ccccc3)c(-c3c4ccccc4c(-c4ccc5ccccc5c4)c4ccccc34)c(-c3ccccc3)c2-c2ccccc2)cc1.c1ccc(-c2cc(-c3ccccc3)c(-c3c4ccccc4c(-c4ccc5ccccc5c4)c4ccccc34)cc2-c2ccccc2)cc1.c1ccc(-c2cc(-c3ccccc3)c(-c3ccccc3)c(-c3c4ccccc4c(-c4ccc5ccccc5c4)c4ccccc34)c2)cc1. The van der Waals surface area contributed by atoms with Crippen LogP contribution in [-0.4, -0.2) is 0 Å². The van der Waals surface area contributed by atoms with E-state index in [9.17, 15) is 0 Å². The molecule has 0 saturated carbocycles. The standard InChI is InChI=1S/C54H36.2C48H32/c1-5-20-38(21-6-1)48-36-49(39-22-7-2-8-23-39)54(52(41-26-11-4-12-27-41)51(48)40-24-9-3-10-25-40)53-46-31-17-15-29-44(46)50(45-30-16-18-32-47(45)53)43-34-33-37-19-13-14-28-42(37)35-43;1-4-17-34(18-5-1)43-31-45(36-21-8-3-9-22-36)46(32-44(43)35-19-6-2-7-20-35)48-41-26-14-12-24-39(41)47(40-25-13-15-27-42(40)48)38-29-28-33-16-10-11-23-37(33)30-38;1-4-16-33(17-5-1)39-31-44(35-19-6-2-7-20-35)46(36-21-8-3-9-22-36)45(32-39)48-42-26-14-12-24-40(42)47(41-25-13-15-27-43(41)48)38-29-28-34-18-10-11-23-37(34)30-38/h1-36H;2*1-32H. The van der Waals surface area contributed by atoms with Crippen molar-refractivity contribution >= 4 is 97.0 Å². The predicted molar refractivity (Wildman–Crippen MR) is 644 cm³/mol. The molecule has 28 aromatic carbocycles. The van der Waals surface area contributed by atoms with Gasteiger partial charge in [-0.15, -0.1) is 0 Å². The van der Waals surface area contributed by atoms with Crippen molar-refractivity contribution in [2.45, 2.75) is 0 Å². The molecule has 28 aromatic rings. The van der Waals surface area contributed by atoms with E-state index in [4.69, 9.17) is 0 Å². The summed E-state index contributed by atoms with van der Waals surface area (Å²) >= 11 is 0. The summed E-state index contributed by atoms with van der Waals surface area (Å²) in [6, 6.07) is 222. The third-order valence-electron chi connectivity index (χ3n) is 30.1. The molecule has 0 N–H and O–H groups in total. The van der Waals surface area contributed by atoms with Gasteiger partial charge in [0.1, 0.15) is 0 Å². The first kappa shape index (κ1) is 90.5. The zero-order valence-electron chi connectivity index (χ0n) is 82.7. The highest BCUT2D eigenvalue weighted by molar-refractivity contribution is 6.28. The smallest absolute Gasteiger partial charge is 0.000764 e. The highest BCUT2D eigenvalue weighted by Crippen LogP contribution is 2.58. The molecule has 700 valence electrons. The van der Waals surface area contributed by atoms with E-state index < -0.39 is 0 Å². The molecule has 0 bridgehead atoms. The summed E-state index contributed by atoms with van der Waals surface area (Å²) in [6.07, 6.45) is 0. The molecule has 0 heteroatoms. The highest BCUT2D eigenvalue weighted by Gasteiger charge is 2.31. The summed E-state index contributed by atoms with van der Waals surface area (Å²) in [5.41, 5.74) is 39.2. The van der Waals surface area contributed by atoms with E-state index in [0.29, 0.717) is 0 Å². The van der Waals surface area contributed by atoms with E-state index in [1.54, 1.807) is 0 Å². The lowest BCUT2D eigenvalue weighted by molar-refractivity contribution is 1.54. The van der Waals surface area contributed by atoms with Crippen molar-refractivity contribution in [2.24, 2.45) is 0 Å². The number of fused-ring (bicyclic) bond motifs is 9. The van der Waals surface area contributed by atoms with Crippen LogP contribution in [0.15, 0.2) is 607 Å². The lowest BCUT2D eigenvalue weighted by Crippen LogP contribution is -2.00. The monoisotopic (exact) mass is 1900 g/mol.